The minimum atomic E-state index is 0.718. The maximum Gasteiger partial charge on any atom is 0.150 e. The van der Waals surface area contributed by atoms with Gasteiger partial charge < -0.3 is 4.74 Å². The van der Waals surface area contributed by atoms with Crippen molar-refractivity contribution in [2.75, 3.05) is 7.11 Å². The van der Waals surface area contributed by atoms with Crippen LogP contribution in [-0.4, -0.2) is 13.4 Å². The zero-order valence-corrected chi connectivity index (χ0v) is 9.22. The minimum absolute atomic E-state index is 0.718. The summed E-state index contributed by atoms with van der Waals surface area (Å²) < 4.78 is 5.94. The second-order valence-electron chi connectivity index (χ2n) is 2.66. The van der Waals surface area contributed by atoms with Crippen molar-refractivity contribution in [3.8, 4) is 5.75 Å². The highest BCUT2D eigenvalue weighted by atomic mass is 79.9. The molecule has 0 saturated heterocycles. The lowest BCUT2D eigenvalue weighted by atomic mass is 10.1. The summed E-state index contributed by atoms with van der Waals surface area (Å²) in [6.45, 7) is 2.01. The molecule has 0 bridgehead atoms. The monoisotopic (exact) mass is 242 g/mol. The standard InChI is InChI=1S/C10H11BrO2/c1-3-7-5-10(13-2)9(11)4-8(7)6-12/h4-6H,3H2,1-2H3. The Kier molecular flexibility index (Phi) is 3.48. The summed E-state index contributed by atoms with van der Waals surface area (Å²) in [5.41, 5.74) is 1.73. The van der Waals surface area contributed by atoms with Crippen LogP contribution >= 0.6 is 15.9 Å². The maximum absolute atomic E-state index is 10.7. The van der Waals surface area contributed by atoms with E-state index in [-0.39, 0.29) is 0 Å². The van der Waals surface area contributed by atoms with Crippen molar-refractivity contribution < 1.29 is 9.53 Å². The highest BCUT2D eigenvalue weighted by Gasteiger charge is 2.06. The molecule has 0 aliphatic heterocycles. The second kappa shape index (κ2) is 4.42. The third kappa shape index (κ3) is 2.10. The molecule has 0 N–H and O–H groups in total. The number of carbonyl (C=O) groups excluding carboxylic acids is 1. The van der Waals surface area contributed by atoms with Crippen LogP contribution in [0.4, 0.5) is 0 Å². The lowest BCUT2D eigenvalue weighted by Crippen LogP contribution is -1.94. The molecular weight excluding hydrogens is 232 g/mol. The Hall–Kier alpha value is -0.830. The van der Waals surface area contributed by atoms with Gasteiger partial charge in [0.1, 0.15) is 12.0 Å². The summed E-state index contributed by atoms with van der Waals surface area (Å²) in [6, 6.07) is 3.67. The fourth-order valence-corrected chi connectivity index (χ4v) is 1.71. The molecule has 0 heterocycles. The molecule has 0 radical (unpaired) electrons. The van der Waals surface area contributed by atoms with Gasteiger partial charge in [-0.25, -0.2) is 0 Å². The Bertz CT molecular complexity index is 321. The summed E-state index contributed by atoms with van der Waals surface area (Å²) in [5.74, 6) is 0.766. The van der Waals surface area contributed by atoms with Crippen LogP contribution in [0, 0.1) is 0 Å². The minimum Gasteiger partial charge on any atom is -0.496 e. The number of hydrogen-bond donors (Lipinski definition) is 0. The Morgan fingerprint density at radius 2 is 2.23 bits per heavy atom. The summed E-state index contributed by atoms with van der Waals surface area (Å²) >= 11 is 3.33. The number of benzene rings is 1. The van der Waals surface area contributed by atoms with E-state index in [4.69, 9.17) is 4.74 Å². The number of rotatable bonds is 3. The second-order valence-corrected chi connectivity index (χ2v) is 3.51. The molecular formula is C10H11BrO2. The van der Waals surface area contributed by atoms with Crippen LogP contribution in [0.2, 0.25) is 0 Å². The molecule has 2 nitrogen and oxygen atoms in total. The number of aldehydes is 1. The first-order valence-electron chi connectivity index (χ1n) is 4.04. The van der Waals surface area contributed by atoms with Crippen LogP contribution in [0.15, 0.2) is 16.6 Å². The number of methoxy groups -OCH3 is 1. The van der Waals surface area contributed by atoms with Gasteiger partial charge in [0.25, 0.3) is 0 Å². The molecule has 0 aliphatic carbocycles. The molecule has 13 heavy (non-hydrogen) atoms. The van der Waals surface area contributed by atoms with E-state index in [1.807, 2.05) is 13.0 Å². The average molecular weight is 243 g/mol. The number of aryl methyl sites for hydroxylation is 1. The van der Waals surface area contributed by atoms with E-state index in [1.165, 1.54) is 0 Å². The molecule has 3 heteroatoms. The van der Waals surface area contributed by atoms with Gasteiger partial charge in [-0.3, -0.25) is 4.79 Å². The summed E-state index contributed by atoms with van der Waals surface area (Å²) in [7, 11) is 1.61. The van der Waals surface area contributed by atoms with Gasteiger partial charge in [0, 0.05) is 5.56 Å². The third-order valence-electron chi connectivity index (χ3n) is 1.92. The summed E-state index contributed by atoms with van der Waals surface area (Å²) in [6.07, 6.45) is 1.70. The summed E-state index contributed by atoms with van der Waals surface area (Å²) in [4.78, 5) is 10.7. The van der Waals surface area contributed by atoms with Gasteiger partial charge in [-0.1, -0.05) is 6.92 Å². The quantitative estimate of drug-likeness (QED) is 0.763. The van der Waals surface area contributed by atoms with E-state index in [0.29, 0.717) is 0 Å². The predicted octanol–water partition coefficient (Wildman–Crippen LogP) is 2.83. The van der Waals surface area contributed by atoms with Gasteiger partial charge in [-0.15, -0.1) is 0 Å². The van der Waals surface area contributed by atoms with Crippen molar-refractivity contribution in [1.82, 2.24) is 0 Å². The van der Waals surface area contributed by atoms with Gasteiger partial charge in [0.2, 0.25) is 0 Å². The zero-order valence-electron chi connectivity index (χ0n) is 7.63. The van der Waals surface area contributed by atoms with Crippen LogP contribution in [0.3, 0.4) is 0 Å². The smallest absolute Gasteiger partial charge is 0.150 e. The average Bonchev–Trinajstić information content (AvgIpc) is 2.17. The molecule has 0 amide bonds. The molecule has 70 valence electrons. The number of halogens is 1. The lowest BCUT2D eigenvalue weighted by molar-refractivity contribution is 0.112. The highest BCUT2D eigenvalue weighted by molar-refractivity contribution is 9.10. The number of carbonyl (C=O) groups is 1. The molecule has 0 unspecified atom stereocenters. The van der Waals surface area contributed by atoms with Crippen LogP contribution in [0.5, 0.6) is 5.75 Å². The Morgan fingerprint density at radius 3 is 2.69 bits per heavy atom. The Labute approximate surface area is 86.0 Å². The van der Waals surface area contributed by atoms with Gasteiger partial charge in [0.05, 0.1) is 11.6 Å². The van der Waals surface area contributed by atoms with E-state index in [0.717, 1.165) is 34.1 Å². The normalized spacial score (nSPS) is 9.77. The van der Waals surface area contributed by atoms with E-state index >= 15 is 0 Å². The van der Waals surface area contributed by atoms with Crippen molar-refractivity contribution in [3.05, 3.63) is 27.7 Å². The molecule has 0 fully saturated rings. The van der Waals surface area contributed by atoms with Gasteiger partial charge in [-0.05, 0) is 40.0 Å². The largest absolute Gasteiger partial charge is 0.496 e. The molecule has 0 saturated carbocycles. The fraction of sp³-hybridized carbons (Fsp3) is 0.300. The van der Waals surface area contributed by atoms with Crippen molar-refractivity contribution in [1.29, 1.82) is 0 Å². The van der Waals surface area contributed by atoms with Crippen LogP contribution in [-0.2, 0) is 6.42 Å². The fourth-order valence-electron chi connectivity index (χ4n) is 1.18. The van der Waals surface area contributed by atoms with E-state index < -0.39 is 0 Å². The highest BCUT2D eigenvalue weighted by Crippen LogP contribution is 2.28. The first-order chi connectivity index (χ1) is 6.22. The lowest BCUT2D eigenvalue weighted by Gasteiger charge is -2.07. The molecule has 0 spiro atoms. The van der Waals surface area contributed by atoms with Crippen LogP contribution in [0.25, 0.3) is 0 Å². The third-order valence-corrected chi connectivity index (χ3v) is 2.54. The van der Waals surface area contributed by atoms with Crippen LogP contribution < -0.4 is 4.74 Å². The molecule has 0 aliphatic rings. The Morgan fingerprint density at radius 1 is 1.54 bits per heavy atom. The van der Waals surface area contributed by atoms with Crippen molar-refractivity contribution in [2.45, 2.75) is 13.3 Å². The molecule has 1 aromatic carbocycles. The van der Waals surface area contributed by atoms with Crippen molar-refractivity contribution in [3.63, 3.8) is 0 Å². The Balaban J connectivity index is 3.26. The number of ether oxygens (including phenoxy) is 1. The van der Waals surface area contributed by atoms with Gasteiger partial charge in [0.15, 0.2) is 0 Å². The van der Waals surface area contributed by atoms with Crippen molar-refractivity contribution in [2.24, 2.45) is 0 Å². The maximum atomic E-state index is 10.7. The summed E-state index contributed by atoms with van der Waals surface area (Å²) in [5, 5.41) is 0. The van der Waals surface area contributed by atoms with Crippen LogP contribution in [0.1, 0.15) is 22.8 Å². The zero-order chi connectivity index (χ0) is 9.84. The first-order valence-corrected chi connectivity index (χ1v) is 4.83. The van der Waals surface area contributed by atoms with E-state index in [1.54, 1.807) is 13.2 Å². The molecule has 1 rings (SSSR count). The molecule has 1 aromatic rings. The topological polar surface area (TPSA) is 26.3 Å². The SMILES string of the molecule is CCc1cc(OC)c(Br)cc1C=O. The molecule has 0 atom stereocenters. The number of hydrogen-bond acceptors (Lipinski definition) is 2. The van der Waals surface area contributed by atoms with E-state index in [2.05, 4.69) is 15.9 Å². The van der Waals surface area contributed by atoms with E-state index in [9.17, 15) is 4.79 Å². The predicted molar refractivity (Wildman–Crippen MR) is 55.5 cm³/mol. The van der Waals surface area contributed by atoms with Gasteiger partial charge in [-0.2, -0.15) is 0 Å². The first kappa shape index (κ1) is 10.3. The molecule has 0 aromatic heterocycles. The van der Waals surface area contributed by atoms with Gasteiger partial charge >= 0.3 is 0 Å². The van der Waals surface area contributed by atoms with Crippen molar-refractivity contribution >= 4 is 22.2 Å².